The number of carboxylic acid groups (broad SMARTS) is 1. The van der Waals surface area contributed by atoms with Crippen LogP contribution in [0.4, 0.5) is 0 Å². The molecule has 0 aliphatic heterocycles. The fourth-order valence-corrected chi connectivity index (χ4v) is 2.36. The van der Waals surface area contributed by atoms with E-state index in [4.69, 9.17) is 9.47 Å². The van der Waals surface area contributed by atoms with E-state index in [9.17, 15) is 19.5 Å². The fraction of sp³-hybridized carbons (Fsp3) is 0.211. The monoisotopic (exact) mass is 342 g/mol. The Kier molecular flexibility index (Phi) is 5.89. The number of carbonyl (C=O) groups excluding carboxylic acids is 2. The molecule has 6 nitrogen and oxygen atoms in total. The van der Waals surface area contributed by atoms with E-state index in [1.54, 1.807) is 6.92 Å². The van der Waals surface area contributed by atoms with E-state index >= 15 is 0 Å². The highest BCUT2D eigenvalue weighted by molar-refractivity contribution is 6.12. The summed E-state index contributed by atoms with van der Waals surface area (Å²) in [5.74, 6) is -2.63. The first-order valence-electron chi connectivity index (χ1n) is 7.70. The van der Waals surface area contributed by atoms with Crippen molar-refractivity contribution >= 4 is 17.7 Å². The molecule has 0 heterocycles. The third-order valence-electron chi connectivity index (χ3n) is 3.48. The minimum atomic E-state index is -1.39. The van der Waals surface area contributed by atoms with E-state index in [0.29, 0.717) is 0 Å². The average molecular weight is 342 g/mol. The van der Waals surface area contributed by atoms with Crippen LogP contribution in [0.1, 0.15) is 50.5 Å². The van der Waals surface area contributed by atoms with E-state index < -0.39 is 23.3 Å². The molecule has 0 aliphatic rings. The summed E-state index contributed by atoms with van der Waals surface area (Å²) in [5, 5.41) is 9.51. The molecule has 0 amide bonds. The molecule has 25 heavy (non-hydrogen) atoms. The molecule has 0 atom stereocenters. The summed E-state index contributed by atoms with van der Waals surface area (Å²) in [7, 11) is 0. The Labute approximate surface area is 145 Å². The summed E-state index contributed by atoms with van der Waals surface area (Å²) in [6.07, 6.45) is 0. The second kappa shape index (κ2) is 8.10. The number of hydrogen-bond donors (Lipinski definition) is 1. The van der Waals surface area contributed by atoms with Crippen LogP contribution in [0.5, 0.6) is 5.75 Å². The minimum absolute atomic E-state index is 0.0599. The largest absolute Gasteiger partial charge is 0.488 e. The maximum atomic E-state index is 12.3. The molecule has 0 aliphatic carbocycles. The molecule has 0 bridgehead atoms. The van der Waals surface area contributed by atoms with Crippen LogP contribution >= 0.6 is 0 Å². The third kappa shape index (κ3) is 4.23. The number of esters is 1. The second-order valence-electron chi connectivity index (χ2n) is 5.22. The summed E-state index contributed by atoms with van der Waals surface area (Å²) in [6.45, 7) is 3.06. The molecule has 2 aromatic carbocycles. The van der Waals surface area contributed by atoms with Gasteiger partial charge in [-0.05, 0) is 31.5 Å². The summed E-state index contributed by atoms with van der Waals surface area (Å²) < 4.78 is 10.6. The number of carbonyl (C=O) groups is 3. The van der Waals surface area contributed by atoms with E-state index in [1.165, 1.54) is 19.1 Å². The van der Waals surface area contributed by atoms with Crippen LogP contribution in [-0.2, 0) is 11.3 Å². The zero-order chi connectivity index (χ0) is 18.4. The van der Waals surface area contributed by atoms with Gasteiger partial charge in [-0.2, -0.15) is 0 Å². The van der Waals surface area contributed by atoms with Gasteiger partial charge in [0.05, 0.1) is 12.2 Å². The predicted octanol–water partition coefficient (Wildman–Crippen LogP) is 3.34. The average Bonchev–Trinajstić information content (AvgIpc) is 2.59. The minimum Gasteiger partial charge on any atom is -0.488 e. The van der Waals surface area contributed by atoms with Gasteiger partial charge >= 0.3 is 11.9 Å². The number of aromatic carboxylic acids is 1. The standard InChI is InChI=1S/C19H18O6/c1-3-24-19(23)17-15(25-11-13-7-5-4-6-8-13)10-9-14(12(2)20)16(17)18(21)22/h4-10H,3,11H2,1-2H3,(H,21,22). The number of ether oxygens (including phenoxy) is 2. The van der Waals surface area contributed by atoms with E-state index in [2.05, 4.69) is 0 Å². The Morgan fingerprint density at radius 1 is 1.00 bits per heavy atom. The maximum Gasteiger partial charge on any atom is 0.342 e. The van der Waals surface area contributed by atoms with Crippen molar-refractivity contribution < 1.29 is 29.0 Å². The Bertz CT molecular complexity index is 795. The van der Waals surface area contributed by atoms with Crippen molar-refractivity contribution in [2.75, 3.05) is 6.61 Å². The number of Topliss-reactive ketones (excluding diaryl/α,β-unsaturated/α-hetero) is 1. The van der Waals surface area contributed by atoms with Crippen LogP contribution < -0.4 is 4.74 Å². The molecule has 2 rings (SSSR count). The van der Waals surface area contributed by atoms with Crippen LogP contribution in [0.3, 0.4) is 0 Å². The SMILES string of the molecule is CCOC(=O)c1c(OCc2ccccc2)ccc(C(C)=O)c1C(=O)O. The van der Waals surface area contributed by atoms with Gasteiger partial charge in [0.25, 0.3) is 0 Å². The van der Waals surface area contributed by atoms with Crippen LogP contribution in [0.25, 0.3) is 0 Å². The lowest BCUT2D eigenvalue weighted by Gasteiger charge is -2.15. The summed E-state index contributed by atoms with van der Waals surface area (Å²) >= 11 is 0. The molecular weight excluding hydrogens is 324 g/mol. The van der Waals surface area contributed by atoms with Crippen molar-refractivity contribution in [2.24, 2.45) is 0 Å². The molecule has 0 aromatic heterocycles. The van der Waals surface area contributed by atoms with Crippen molar-refractivity contribution in [2.45, 2.75) is 20.5 Å². The lowest BCUT2D eigenvalue weighted by atomic mass is 9.97. The number of benzene rings is 2. The zero-order valence-electron chi connectivity index (χ0n) is 13.9. The van der Waals surface area contributed by atoms with E-state index in [0.717, 1.165) is 5.56 Å². The number of carboxylic acids is 1. The lowest BCUT2D eigenvalue weighted by Crippen LogP contribution is -2.17. The highest BCUT2D eigenvalue weighted by atomic mass is 16.5. The first-order chi connectivity index (χ1) is 12.0. The molecule has 0 saturated heterocycles. The van der Waals surface area contributed by atoms with Crippen LogP contribution in [0, 0.1) is 0 Å². The summed E-state index contributed by atoms with van der Waals surface area (Å²) in [5.41, 5.74) is 0.127. The van der Waals surface area contributed by atoms with Crippen LogP contribution in [0.2, 0.25) is 0 Å². The normalized spacial score (nSPS) is 10.2. The third-order valence-corrected chi connectivity index (χ3v) is 3.48. The first kappa shape index (κ1) is 18.2. The topological polar surface area (TPSA) is 89.9 Å². The molecule has 2 aromatic rings. The molecular formula is C19H18O6. The molecule has 0 fully saturated rings. The van der Waals surface area contributed by atoms with Crippen LogP contribution in [-0.4, -0.2) is 29.4 Å². The molecule has 1 N–H and O–H groups in total. The van der Waals surface area contributed by atoms with Crippen molar-refractivity contribution in [1.29, 1.82) is 0 Å². The highest BCUT2D eigenvalue weighted by Crippen LogP contribution is 2.28. The zero-order valence-corrected chi connectivity index (χ0v) is 13.9. The van der Waals surface area contributed by atoms with Crippen molar-refractivity contribution in [3.63, 3.8) is 0 Å². The molecule has 0 saturated carbocycles. The number of hydrogen-bond acceptors (Lipinski definition) is 5. The van der Waals surface area contributed by atoms with Gasteiger partial charge in [-0.1, -0.05) is 30.3 Å². The van der Waals surface area contributed by atoms with Crippen molar-refractivity contribution in [1.82, 2.24) is 0 Å². The molecule has 0 spiro atoms. The van der Waals surface area contributed by atoms with Gasteiger partial charge in [0.15, 0.2) is 5.78 Å². The highest BCUT2D eigenvalue weighted by Gasteiger charge is 2.28. The quantitative estimate of drug-likeness (QED) is 0.613. The Hall–Kier alpha value is -3.15. The van der Waals surface area contributed by atoms with Gasteiger partial charge in [-0.15, -0.1) is 0 Å². The summed E-state index contributed by atoms with van der Waals surface area (Å²) in [4.78, 5) is 35.7. The fourth-order valence-electron chi connectivity index (χ4n) is 2.36. The Balaban J connectivity index is 2.50. The van der Waals surface area contributed by atoms with Crippen molar-refractivity contribution in [3.8, 4) is 5.75 Å². The molecule has 130 valence electrons. The van der Waals surface area contributed by atoms with Gasteiger partial charge in [-0.25, -0.2) is 9.59 Å². The van der Waals surface area contributed by atoms with E-state index in [-0.39, 0.29) is 30.1 Å². The Morgan fingerprint density at radius 3 is 2.24 bits per heavy atom. The predicted molar refractivity (Wildman–Crippen MR) is 90.1 cm³/mol. The van der Waals surface area contributed by atoms with Gasteiger partial charge in [0, 0.05) is 5.56 Å². The van der Waals surface area contributed by atoms with Gasteiger partial charge in [0.1, 0.15) is 17.9 Å². The smallest absolute Gasteiger partial charge is 0.342 e. The Morgan fingerprint density at radius 2 is 1.68 bits per heavy atom. The van der Waals surface area contributed by atoms with Gasteiger partial charge < -0.3 is 14.6 Å². The summed E-state index contributed by atoms with van der Waals surface area (Å²) in [6, 6.07) is 12.0. The van der Waals surface area contributed by atoms with E-state index in [1.807, 2.05) is 30.3 Å². The first-order valence-corrected chi connectivity index (χ1v) is 7.70. The second-order valence-corrected chi connectivity index (χ2v) is 5.22. The molecule has 0 radical (unpaired) electrons. The molecule has 6 heteroatoms. The van der Waals surface area contributed by atoms with Gasteiger partial charge in [-0.3, -0.25) is 4.79 Å². The maximum absolute atomic E-state index is 12.3. The number of ketones is 1. The molecule has 0 unspecified atom stereocenters. The number of rotatable bonds is 7. The lowest BCUT2D eigenvalue weighted by molar-refractivity contribution is 0.0508. The van der Waals surface area contributed by atoms with Gasteiger partial charge in [0.2, 0.25) is 0 Å². The van der Waals surface area contributed by atoms with Crippen LogP contribution in [0.15, 0.2) is 42.5 Å². The van der Waals surface area contributed by atoms with Crippen molar-refractivity contribution in [3.05, 3.63) is 64.7 Å².